The van der Waals surface area contributed by atoms with Gasteiger partial charge >= 0.3 is 5.97 Å². The summed E-state index contributed by atoms with van der Waals surface area (Å²) in [5.41, 5.74) is 0. The van der Waals surface area contributed by atoms with Gasteiger partial charge in [0, 0.05) is 16.4 Å². The van der Waals surface area contributed by atoms with E-state index in [-0.39, 0.29) is 19.1 Å². The second kappa shape index (κ2) is 5.16. The number of carbonyl (C=O) groups excluding carboxylic acids is 1. The number of morpholine rings is 1. The molecule has 2 heterocycles. The number of hydrogen-bond acceptors (Lipinski definition) is 4. The highest BCUT2D eigenvalue weighted by Gasteiger charge is 2.29. The molecule has 1 saturated heterocycles. The van der Waals surface area contributed by atoms with Crippen LogP contribution in [0.5, 0.6) is 0 Å². The largest absolute Gasteiger partial charge is 0.479 e. The average molecular weight is 320 g/mol. The molecule has 0 unspecified atom stereocenters. The molecule has 1 fully saturated rings. The lowest BCUT2D eigenvalue weighted by Gasteiger charge is -2.30. The summed E-state index contributed by atoms with van der Waals surface area (Å²) in [6.07, 6.45) is -0.920. The van der Waals surface area contributed by atoms with Gasteiger partial charge in [0.15, 0.2) is 6.10 Å². The smallest absolute Gasteiger partial charge is 0.334 e. The maximum atomic E-state index is 12.0. The van der Waals surface area contributed by atoms with Crippen LogP contribution in [0.4, 0.5) is 0 Å². The number of thiophene rings is 1. The van der Waals surface area contributed by atoms with Crippen LogP contribution in [-0.2, 0) is 9.53 Å². The molecule has 92 valence electrons. The van der Waals surface area contributed by atoms with Crippen LogP contribution in [0.1, 0.15) is 9.67 Å². The van der Waals surface area contributed by atoms with Crippen molar-refractivity contribution in [3.05, 3.63) is 20.8 Å². The topological polar surface area (TPSA) is 66.8 Å². The highest BCUT2D eigenvalue weighted by atomic mass is 79.9. The first-order chi connectivity index (χ1) is 8.08. The predicted molar refractivity (Wildman–Crippen MR) is 65.3 cm³/mol. The zero-order valence-electron chi connectivity index (χ0n) is 8.76. The van der Waals surface area contributed by atoms with E-state index in [9.17, 15) is 9.59 Å². The van der Waals surface area contributed by atoms with E-state index in [0.717, 1.165) is 4.47 Å². The van der Waals surface area contributed by atoms with Gasteiger partial charge in [0.25, 0.3) is 5.91 Å². The van der Waals surface area contributed by atoms with E-state index >= 15 is 0 Å². The zero-order valence-corrected chi connectivity index (χ0v) is 11.2. The molecule has 0 radical (unpaired) electrons. The third kappa shape index (κ3) is 2.85. The molecule has 7 heteroatoms. The molecule has 0 aromatic carbocycles. The van der Waals surface area contributed by atoms with Crippen molar-refractivity contribution in [3.63, 3.8) is 0 Å². The van der Waals surface area contributed by atoms with Gasteiger partial charge in [-0.25, -0.2) is 4.79 Å². The number of halogens is 1. The Hall–Kier alpha value is -0.920. The van der Waals surface area contributed by atoms with E-state index < -0.39 is 12.1 Å². The van der Waals surface area contributed by atoms with Crippen LogP contribution in [0.2, 0.25) is 0 Å². The lowest BCUT2D eigenvalue weighted by molar-refractivity contribution is -0.154. The molecule has 0 aliphatic carbocycles. The van der Waals surface area contributed by atoms with E-state index in [0.29, 0.717) is 11.4 Å². The van der Waals surface area contributed by atoms with Crippen LogP contribution < -0.4 is 0 Å². The molecular weight excluding hydrogens is 310 g/mol. The minimum atomic E-state index is -1.03. The number of carboxylic acid groups (broad SMARTS) is 1. The average Bonchev–Trinajstić information content (AvgIpc) is 2.75. The van der Waals surface area contributed by atoms with Gasteiger partial charge in [-0.3, -0.25) is 4.79 Å². The summed E-state index contributed by atoms with van der Waals surface area (Å²) < 4.78 is 5.92. The maximum Gasteiger partial charge on any atom is 0.334 e. The number of carboxylic acids is 1. The van der Waals surface area contributed by atoms with Crippen molar-refractivity contribution in [3.8, 4) is 0 Å². The van der Waals surface area contributed by atoms with Crippen LogP contribution in [0.3, 0.4) is 0 Å². The molecule has 5 nitrogen and oxygen atoms in total. The molecule has 1 amide bonds. The number of hydrogen-bond donors (Lipinski definition) is 1. The third-order valence-electron chi connectivity index (χ3n) is 2.41. The summed E-state index contributed by atoms with van der Waals surface area (Å²) in [5.74, 6) is -1.18. The van der Waals surface area contributed by atoms with E-state index in [4.69, 9.17) is 9.84 Å². The first-order valence-electron chi connectivity index (χ1n) is 4.95. The Morgan fingerprint density at radius 3 is 2.94 bits per heavy atom. The predicted octanol–water partition coefficient (Wildman–Crippen LogP) is 1.44. The standard InChI is InChI=1S/C10H10BrNO4S/c11-6-3-8(17-5-6)9(13)12-1-2-16-7(4-12)10(14)15/h3,5,7H,1-2,4H2,(H,14,15)/t7-/m0/s1. The maximum absolute atomic E-state index is 12.0. The third-order valence-corrected chi connectivity index (χ3v) is 4.09. The van der Waals surface area contributed by atoms with Crippen molar-refractivity contribution >= 4 is 39.1 Å². The molecule has 2 rings (SSSR count). The van der Waals surface area contributed by atoms with Crippen molar-refractivity contribution in [1.82, 2.24) is 4.90 Å². The highest BCUT2D eigenvalue weighted by molar-refractivity contribution is 9.10. The fraction of sp³-hybridized carbons (Fsp3) is 0.400. The van der Waals surface area contributed by atoms with Crippen LogP contribution in [0.25, 0.3) is 0 Å². The Bertz CT molecular complexity index is 447. The molecule has 1 aromatic heterocycles. The quantitative estimate of drug-likeness (QED) is 0.895. The molecule has 1 aliphatic rings. The summed E-state index contributed by atoms with van der Waals surface area (Å²) in [6, 6.07) is 1.73. The van der Waals surface area contributed by atoms with Crippen LogP contribution >= 0.6 is 27.3 Å². The van der Waals surface area contributed by atoms with Gasteiger partial charge in [-0.2, -0.15) is 0 Å². The molecule has 1 aromatic rings. The molecule has 0 saturated carbocycles. The van der Waals surface area contributed by atoms with Gasteiger partial charge in [-0.1, -0.05) is 0 Å². The Morgan fingerprint density at radius 1 is 1.59 bits per heavy atom. The lowest BCUT2D eigenvalue weighted by atomic mass is 10.2. The molecule has 0 spiro atoms. The molecule has 17 heavy (non-hydrogen) atoms. The SMILES string of the molecule is O=C(O)[C@@H]1CN(C(=O)c2cc(Br)cs2)CCO1. The van der Waals surface area contributed by atoms with E-state index in [1.54, 1.807) is 6.07 Å². The van der Waals surface area contributed by atoms with Gasteiger partial charge in [-0.05, 0) is 22.0 Å². The first kappa shape index (κ1) is 12.5. The summed E-state index contributed by atoms with van der Waals surface area (Å²) in [7, 11) is 0. The fourth-order valence-corrected chi connectivity index (χ4v) is 2.96. The summed E-state index contributed by atoms with van der Waals surface area (Å²) in [6.45, 7) is 0.789. The number of amides is 1. The Labute approximate surface area is 110 Å². The van der Waals surface area contributed by atoms with Gasteiger partial charge in [0.05, 0.1) is 18.0 Å². The summed E-state index contributed by atoms with van der Waals surface area (Å²) in [5, 5.41) is 10.7. The van der Waals surface area contributed by atoms with Crippen LogP contribution in [0.15, 0.2) is 15.9 Å². The van der Waals surface area contributed by atoms with Crippen molar-refractivity contribution < 1.29 is 19.4 Å². The monoisotopic (exact) mass is 319 g/mol. The normalized spacial score (nSPS) is 20.3. The van der Waals surface area contributed by atoms with Crippen LogP contribution in [-0.4, -0.2) is 47.7 Å². The first-order valence-corrected chi connectivity index (χ1v) is 6.63. The van der Waals surface area contributed by atoms with Crippen molar-refractivity contribution in [2.24, 2.45) is 0 Å². The second-order valence-electron chi connectivity index (χ2n) is 3.58. The van der Waals surface area contributed by atoms with Gasteiger partial charge in [0.2, 0.25) is 0 Å². The van der Waals surface area contributed by atoms with E-state index in [2.05, 4.69) is 15.9 Å². The number of nitrogens with zero attached hydrogens (tertiary/aromatic N) is 1. The number of carbonyl (C=O) groups is 2. The Kier molecular flexibility index (Phi) is 3.80. The van der Waals surface area contributed by atoms with Crippen LogP contribution in [0, 0.1) is 0 Å². The molecule has 1 aliphatic heterocycles. The minimum Gasteiger partial charge on any atom is -0.479 e. The Morgan fingerprint density at radius 2 is 2.35 bits per heavy atom. The molecule has 0 bridgehead atoms. The zero-order chi connectivity index (χ0) is 12.4. The molecular formula is C10H10BrNO4S. The van der Waals surface area contributed by atoms with Crippen molar-refractivity contribution in [2.45, 2.75) is 6.10 Å². The van der Waals surface area contributed by atoms with E-state index in [1.807, 2.05) is 5.38 Å². The van der Waals surface area contributed by atoms with E-state index in [1.165, 1.54) is 16.2 Å². The van der Waals surface area contributed by atoms with Crippen molar-refractivity contribution in [1.29, 1.82) is 0 Å². The molecule has 1 N–H and O–H groups in total. The fourth-order valence-electron chi connectivity index (χ4n) is 1.56. The molecule has 1 atom stereocenters. The number of rotatable bonds is 2. The van der Waals surface area contributed by atoms with Gasteiger partial charge in [0.1, 0.15) is 0 Å². The van der Waals surface area contributed by atoms with Gasteiger partial charge in [-0.15, -0.1) is 11.3 Å². The number of ether oxygens (including phenoxy) is 1. The summed E-state index contributed by atoms with van der Waals surface area (Å²) in [4.78, 5) is 25.0. The second-order valence-corrected chi connectivity index (χ2v) is 5.40. The summed E-state index contributed by atoms with van der Waals surface area (Å²) >= 11 is 4.62. The Balaban J connectivity index is 2.07. The lowest BCUT2D eigenvalue weighted by Crippen LogP contribution is -2.48. The highest BCUT2D eigenvalue weighted by Crippen LogP contribution is 2.22. The van der Waals surface area contributed by atoms with Crippen molar-refractivity contribution in [2.75, 3.05) is 19.7 Å². The number of aliphatic carboxylic acids is 1. The minimum absolute atomic E-state index is 0.101. The van der Waals surface area contributed by atoms with Gasteiger partial charge < -0.3 is 14.7 Å².